The van der Waals surface area contributed by atoms with Crippen LogP contribution < -0.4 is 10.1 Å². The van der Waals surface area contributed by atoms with Crippen molar-refractivity contribution in [3.05, 3.63) is 29.3 Å². The molecule has 1 amide bonds. The molecule has 1 N–H and O–H groups in total. The second kappa shape index (κ2) is 8.14. The van der Waals surface area contributed by atoms with E-state index < -0.39 is 0 Å². The van der Waals surface area contributed by atoms with Gasteiger partial charge in [-0.1, -0.05) is 42.2 Å². The molecular weight excluding hydrogens is 318 g/mol. The standard InChI is InChI=1S/C15H19N3O2S2/c1-4-7-21-15-18-17-14(22-15)16-13(19)9-20-12-8-10(2)5-6-11(12)3/h5-6,8H,4,7,9H2,1-3H3,(H,16,17,19). The Bertz CT molecular complexity index is 643. The van der Waals surface area contributed by atoms with E-state index in [2.05, 4.69) is 22.4 Å². The number of anilines is 1. The van der Waals surface area contributed by atoms with Gasteiger partial charge in [-0.3, -0.25) is 10.1 Å². The van der Waals surface area contributed by atoms with Gasteiger partial charge in [-0.25, -0.2) is 0 Å². The molecule has 7 heteroatoms. The lowest BCUT2D eigenvalue weighted by atomic mass is 10.1. The van der Waals surface area contributed by atoms with Crippen LogP contribution in [0.25, 0.3) is 0 Å². The zero-order valence-corrected chi connectivity index (χ0v) is 14.5. The molecular formula is C15H19N3O2S2. The van der Waals surface area contributed by atoms with E-state index in [4.69, 9.17) is 4.74 Å². The molecule has 0 unspecified atom stereocenters. The molecule has 22 heavy (non-hydrogen) atoms. The van der Waals surface area contributed by atoms with Crippen LogP contribution in [0.2, 0.25) is 0 Å². The predicted molar refractivity (Wildman–Crippen MR) is 91.0 cm³/mol. The van der Waals surface area contributed by atoms with Gasteiger partial charge in [0.25, 0.3) is 5.91 Å². The Morgan fingerprint density at radius 3 is 2.95 bits per heavy atom. The Morgan fingerprint density at radius 1 is 1.36 bits per heavy atom. The largest absolute Gasteiger partial charge is 0.483 e. The molecule has 0 atom stereocenters. The van der Waals surface area contributed by atoms with Crippen molar-refractivity contribution < 1.29 is 9.53 Å². The number of rotatable bonds is 7. The molecule has 0 spiro atoms. The minimum Gasteiger partial charge on any atom is -0.483 e. The zero-order chi connectivity index (χ0) is 15.9. The second-order valence-electron chi connectivity index (χ2n) is 4.83. The number of hydrogen-bond donors (Lipinski definition) is 1. The fourth-order valence-corrected chi connectivity index (χ4v) is 3.36. The molecule has 0 aliphatic rings. The summed E-state index contributed by atoms with van der Waals surface area (Å²) in [6, 6.07) is 5.91. The quantitative estimate of drug-likeness (QED) is 0.617. The maximum Gasteiger partial charge on any atom is 0.264 e. The molecule has 0 bridgehead atoms. The fourth-order valence-electron chi connectivity index (χ4n) is 1.67. The molecule has 118 valence electrons. The first-order valence-electron chi connectivity index (χ1n) is 7.04. The Balaban J connectivity index is 1.85. The molecule has 0 fully saturated rings. The van der Waals surface area contributed by atoms with Crippen molar-refractivity contribution in [3.8, 4) is 5.75 Å². The van der Waals surface area contributed by atoms with E-state index in [1.807, 2.05) is 32.0 Å². The van der Waals surface area contributed by atoms with Crippen LogP contribution in [-0.4, -0.2) is 28.5 Å². The van der Waals surface area contributed by atoms with E-state index in [0.717, 1.165) is 33.4 Å². The summed E-state index contributed by atoms with van der Waals surface area (Å²) < 4.78 is 6.43. The van der Waals surface area contributed by atoms with Gasteiger partial charge in [-0.05, 0) is 37.5 Å². The highest BCUT2D eigenvalue weighted by Crippen LogP contribution is 2.25. The number of nitrogens with one attached hydrogen (secondary N) is 1. The van der Waals surface area contributed by atoms with E-state index >= 15 is 0 Å². The Labute approximate surface area is 138 Å². The van der Waals surface area contributed by atoms with Crippen LogP contribution in [0.4, 0.5) is 5.13 Å². The first kappa shape index (κ1) is 16.8. The number of benzene rings is 1. The third-order valence-corrected chi connectivity index (χ3v) is 4.96. The van der Waals surface area contributed by atoms with Crippen LogP contribution in [0.3, 0.4) is 0 Å². The zero-order valence-electron chi connectivity index (χ0n) is 12.9. The van der Waals surface area contributed by atoms with Crippen LogP contribution in [0.1, 0.15) is 24.5 Å². The molecule has 5 nitrogen and oxygen atoms in total. The van der Waals surface area contributed by atoms with Crippen molar-refractivity contribution in [1.82, 2.24) is 10.2 Å². The maximum absolute atomic E-state index is 11.9. The van der Waals surface area contributed by atoms with Gasteiger partial charge in [0.2, 0.25) is 5.13 Å². The van der Waals surface area contributed by atoms with Gasteiger partial charge in [0, 0.05) is 5.75 Å². The molecule has 0 aliphatic carbocycles. The first-order chi connectivity index (χ1) is 10.6. The maximum atomic E-state index is 11.9. The van der Waals surface area contributed by atoms with Crippen molar-refractivity contribution in [2.24, 2.45) is 0 Å². The number of nitrogens with zero attached hydrogens (tertiary/aromatic N) is 2. The van der Waals surface area contributed by atoms with E-state index in [-0.39, 0.29) is 12.5 Å². The summed E-state index contributed by atoms with van der Waals surface area (Å²) in [5.41, 5.74) is 2.11. The molecule has 0 radical (unpaired) electrons. The Kier molecular flexibility index (Phi) is 6.21. The van der Waals surface area contributed by atoms with Crippen molar-refractivity contribution in [1.29, 1.82) is 0 Å². The Hall–Kier alpha value is -1.60. The van der Waals surface area contributed by atoms with Crippen LogP contribution in [-0.2, 0) is 4.79 Å². The minimum atomic E-state index is -0.232. The molecule has 1 aromatic carbocycles. The monoisotopic (exact) mass is 337 g/mol. The summed E-state index contributed by atoms with van der Waals surface area (Å²) >= 11 is 3.03. The molecule has 2 aromatic rings. The summed E-state index contributed by atoms with van der Waals surface area (Å²) in [5.74, 6) is 1.49. The summed E-state index contributed by atoms with van der Waals surface area (Å²) in [6.07, 6.45) is 1.08. The first-order valence-corrected chi connectivity index (χ1v) is 8.85. The van der Waals surface area contributed by atoms with E-state index in [0.29, 0.717) is 5.13 Å². The van der Waals surface area contributed by atoms with Crippen LogP contribution >= 0.6 is 23.1 Å². The van der Waals surface area contributed by atoms with E-state index in [1.54, 1.807) is 11.8 Å². The number of carbonyl (C=O) groups is 1. The van der Waals surface area contributed by atoms with Gasteiger partial charge in [-0.15, -0.1) is 10.2 Å². The number of aryl methyl sites for hydroxylation is 2. The highest BCUT2D eigenvalue weighted by atomic mass is 32.2. The number of ether oxygens (including phenoxy) is 1. The SMILES string of the molecule is CCCSc1nnc(NC(=O)COc2cc(C)ccc2C)s1. The highest BCUT2D eigenvalue weighted by Gasteiger charge is 2.10. The lowest BCUT2D eigenvalue weighted by Gasteiger charge is -2.09. The number of aromatic nitrogens is 2. The summed E-state index contributed by atoms with van der Waals surface area (Å²) in [4.78, 5) is 11.9. The number of thioether (sulfide) groups is 1. The summed E-state index contributed by atoms with van der Waals surface area (Å²) in [6.45, 7) is 6.01. The topological polar surface area (TPSA) is 64.1 Å². The highest BCUT2D eigenvalue weighted by molar-refractivity contribution is 8.01. The second-order valence-corrected chi connectivity index (χ2v) is 7.15. The number of hydrogen-bond acceptors (Lipinski definition) is 6. The predicted octanol–water partition coefficient (Wildman–Crippen LogP) is 3.67. The lowest BCUT2D eigenvalue weighted by molar-refractivity contribution is -0.118. The molecule has 1 aromatic heterocycles. The number of amides is 1. The molecule has 0 aliphatic heterocycles. The lowest BCUT2D eigenvalue weighted by Crippen LogP contribution is -2.20. The molecule has 0 saturated heterocycles. The molecule has 1 heterocycles. The van der Waals surface area contributed by atoms with Gasteiger partial charge >= 0.3 is 0 Å². The van der Waals surface area contributed by atoms with Gasteiger partial charge in [-0.2, -0.15) is 0 Å². The van der Waals surface area contributed by atoms with Gasteiger partial charge in [0.1, 0.15) is 5.75 Å². The fraction of sp³-hybridized carbons (Fsp3) is 0.400. The van der Waals surface area contributed by atoms with Gasteiger partial charge < -0.3 is 4.74 Å². The van der Waals surface area contributed by atoms with E-state index in [9.17, 15) is 4.79 Å². The summed E-state index contributed by atoms with van der Waals surface area (Å²) in [5, 5.41) is 11.2. The van der Waals surface area contributed by atoms with E-state index in [1.165, 1.54) is 11.3 Å². The molecule has 0 saturated carbocycles. The third kappa shape index (κ3) is 4.99. The smallest absolute Gasteiger partial charge is 0.264 e. The van der Waals surface area contributed by atoms with Crippen LogP contribution in [0.5, 0.6) is 5.75 Å². The molecule has 2 rings (SSSR count). The number of carbonyl (C=O) groups excluding carboxylic acids is 1. The van der Waals surface area contributed by atoms with Crippen molar-refractivity contribution in [2.75, 3.05) is 17.7 Å². The van der Waals surface area contributed by atoms with Crippen LogP contribution in [0, 0.1) is 13.8 Å². The normalized spacial score (nSPS) is 10.5. The minimum absolute atomic E-state index is 0.0404. The Morgan fingerprint density at radius 2 is 2.18 bits per heavy atom. The van der Waals surface area contributed by atoms with Crippen molar-refractivity contribution >= 4 is 34.1 Å². The average molecular weight is 337 g/mol. The van der Waals surface area contributed by atoms with Crippen molar-refractivity contribution in [3.63, 3.8) is 0 Å². The average Bonchev–Trinajstić information content (AvgIpc) is 2.93. The summed E-state index contributed by atoms with van der Waals surface area (Å²) in [7, 11) is 0. The van der Waals surface area contributed by atoms with Gasteiger partial charge in [0.05, 0.1) is 0 Å². The van der Waals surface area contributed by atoms with Crippen LogP contribution in [0.15, 0.2) is 22.5 Å². The van der Waals surface area contributed by atoms with Gasteiger partial charge in [0.15, 0.2) is 10.9 Å². The van der Waals surface area contributed by atoms with Crippen molar-refractivity contribution in [2.45, 2.75) is 31.5 Å². The third-order valence-electron chi connectivity index (χ3n) is 2.78.